The third-order valence-electron chi connectivity index (χ3n) is 2.85. The minimum Gasteiger partial charge on any atom is -0.316 e. The van der Waals surface area contributed by atoms with E-state index in [-0.39, 0.29) is 5.56 Å². The van der Waals surface area contributed by atoms with Crippen LogP contribution >= 0.6 is 0 Å². The largest absolute Gasteiger partial charge is 0.316 e. The highest BCUT2D eigenvalue weighted by Crippen LogP contribution is 2.11. The minimum atomic E-state index is -0.111. The minimum absolute atomic E-state index is 0.111. The molecule has 0 amide bonds. The van der Waals surface area contributed by atoms with Crippen LogP contribution < -0.4 is 10.6 Å². The molecule has 0 saturated heterocycles. The lowest BCUT2D eigenvalue weighted by Crippen LogP contribution is -2.37. The first-order chi connectivity index (χ1) is 8.59. The molecule has 0 radical (unpaired) electrons. The fraction of sp³-hybridized carbons (Fsp3) is 0.273. The molecule has 0 fully saturated rings. The van der Waals surface area contributed by atoms with Gasteiger partial charge >= 0.3 is 0 Å². The zero-order valence-corrected chi connectivity index (χ0v) is 10.3. The molecular weight excluding hydrogens is 232 g/mol. The summed E-state index contributed by atoms with van der Waals surface area (Å²) in [6.07, 6.45) is 2.97. The van der Waals surface area contributed by atoms with E-state index in [0.29, 0.717) is 11.2 Å². The zero-order valence-electron chi connectivity index (χ0n) is 10.3. The van der Waals surface area contributed by atoms with E-state index in [1.54, 1.807) is 20.4 Å². The number of aryl methyl sites for hydroxylation is 1. The third-order valence-corrected chi connectivity index (χ3v) is 2.85. The van der Waals surface area contributed by atoms with E-state index < -0.39 is 0 Å². The molecule has 0 aliphatic heterocycles. The molecule has 3 aromatic heterocycles. The molecule has 18 heavy (non-hydrogen) atoms. The lowest BCUT2D eigenvalue weighted by molar-refractivity contribution is 0.682. The summed E-state index contributed by atoms with van der Waals surface area (Å²) >= 11 is 0. The molecule has 7 heteroatoms. The van der Waals surface area contributed by atoms with Crippen molar-refractivity contribution in [3.63, 3.8) is 0 Å². The molecule has 0 aliphatic carbocycles. The van der Waals surface area contributed by atoms with Crippen molar-refractivity contribution in [2.45, 2.75) is 6.92 Å². The Bertz CT molecular complexity index is 800. The van der Waals surface area contributed by atoms with Crippen molar-refractivity contribution < 1.29 is 0 Å². The van der Waals surface area contributed by atoms with Gasteiger partial charge in [0.05, 0.1) is 10.9 Å². The van der Waals surface area contributed by atoms with Gasteiger partial charge in [-0.25, -0.2) is 9.66 Å². The first-order valence-corrected chi connectivity index (χ1v) is 5.48. The van der Waals surface area contributed by atoms with Crippen LogP contribution in [0.5, 0.6) is 0 Å². The summed E-state index contributed by atoms with van der Waals surface area (Å²) in [5.41, 5.74) is 1.44. The van der Waals surface area contributed by atoms with Crippen molar-refractivity contribution in [2.75, 3.05) is 19.1 Å². The summed E-state index contributed by atoms with van der Waals surface area (Å²) in [7, 11) is 3.64. The van der Waals surface area contributed by atoms with Crippen LogP contribution in [0.15, 0.2) is 23.4 Å². The second-order valence-electron chi connectivity index (χ2n) is 4.28. The standard InChI is InChI=1S/C11H12N6O/c1-7-4-9-8(10(18)17(7)15(2)3)5-12-11-13-6-14-16(9)11/h4-6H,1-3H3. The monoisotopic (exact) mass is 244 g/mol. The number of hydrogen-bond acceptors (Lipinski definition) is 5. The van der Waals surface area contributed by atoms with Crippen molar-refractivity contribution in [3.8, 4) is 0 Å². The van der Waals surface area contributed by atoms with Crippen LogP contribution in [-0.4, -0.2) is 38.4 Å². The summed E-state index contributed by atoms with van der Waals surface area (Å²) in [6.45, 7) is 1.88. The maximum Gasteiger partial charge on any atom is 0.280 e. The smallest absolute Gasteiger partial charge is 0.280 e. The summed E-state index contributed by atoms with van der Waals surface area (Å²) in [6, 6.07) is 1.90. The van der Waals surface area contributed by atoms with Gasteiger partial charge in [0.15, 0.2) is 0 Å². The molecule has 7 nitrogen and oxygen atoms in total. The highest BCUT2D eigenvalue weighted by Gasteiger charge is 2.11. The quantitative estimate of drug-likeness (QED) is 0.600. The lowest BCUT2D eigenvalue weighted by Gasteiger charge is -2.19. The summed E-state index contributed by atoms with van der Waals surface area (Å²) < 4.78 is 3.16. The van der Waals surface area contributed by atoms with Gasteiger partial charge in [-0.3, -0.25) is 4.79 Å². The molecule has 0 saturated carbocycles. The first kappa shape index (κ1) is 10.7. The summed E-state index contributed by atoms with van der Waals surface area (Å²) in [5, 5.41) is 6.34. The maximum absolute atomic E-state index is 12.4. The summed E-state index contributed by atoms with van der Waals surface area (Å²) in [5.74, 6) is 0.490. The molecule has 0 aromatic carbocycles. The average molecular weight is 244 g/mol. The van der Waals surface area contributed by atoms with Gasteiger partial charge in [-0.05, 0) is 13.0 Å². The Kier molecular flexibility index (Phi) is 2.09. The van der Waals surface area contributed by atoms with Gasteiger partial charge < -0.3 is 5.01 Å². The fourth-order valence-electron chi connectivity index (χ4n) is 2.13. The van der Waals surface area contributed by atoms with Crippen molar-refractivity contribution in [1.82, 2.24) is 24.3 Å². The van der Waals surface area contributed by atoms with Crippen molar-refractivity contribution in [1.29, 1.82) is 0 Å². The first-order valence-electron chi connectivity index (χ1n) is 5.48. The van der Waals surface area contributed by atoms with E-state index in [1.807, 2.05) is 27.1 Å². The Morgan fingerprint density at radius 1 is 1.28 bits per heavy atom. The van der Waals surface area contributed by atoms with Crippen LogP contribution in [0.25, 0.3) is 16.7 Å². The Labute approximate surface area is 102 Å². The van der Waals surface area contributed by atoms with Gasteiger partial charge in [0.25, 0.3) is 11.3 Å². The normalized spacial score (nSPS) is 11.3. The van der Waals surface area contributed by atoms with Gasteiger partial charge in [0.1, 0.15) is 6.33 Å². The fourth-order valence-corrected chi connectivity index (χ4v) is 2.13. The topological polar surface area (TPSA) is 68.3 Å². The van der Waals surface area contributed by atoms with Crippen molar-refractivity contribution in [2.24, 2.45) is 0 Å². The molecule has 3 rings (SSSR count). The number of aromatic nitrogens is 5. The number of hydrogen-bond donors (Lipinski definition) is 0. The van der Waals surface area contributed by atoms with E-state index in [0.717, 1.165) is 11.2 Å². The van der Waals surface area contributed by atoms with Gasteiger partial charge in [-0.15, -0.1) is 0 Å². The van der Waals surface area contributed by atoms with E-state index in [1.165, 1.54) is 6.33 Å². The number of fused-ring (bicyclic) bond motifs is 3. The van der Waals surface area contributed by atoms with Gasteiger partial charge in [-0.1, -0.05) is 0 Å². The van der Waals surface area contributed by atoms with Crippen molar-refractivity contribution in [3.05, 3.63) is 34.6 Å². The SMILES string of the molecule is Cc1cc2c(cnc3ncnn32)c(=O)n1N(C)C. The molecule has 3 heterocycles. The molecule has 0 unspecified atom stereocenters. The van der Waals surface area contributed by atoms with Crippen LogP contribution in [0.2, 0.25) is 0 Å². The highest BCUT2D eigenvalue weighted by atomic mass is 16.1. The van der Waals surface area contributed by atoms with Crippen molar-refractivity contribution >= 4 is 16.7 Å². The Morgan fingerprint density at radius 3 is 2.78 bits per heavy atom. The predicted molar refractivity (Wildman–Crippen MR) is 67.4 cm³/mol. The highest BCUT2D eigenvalue weighted by molar-refractivity contribution is 5.79. The molecule has 0 bridgehead atoms. The number of pyridine rings is 1. The van der Waals surface area contributed by atoms with Gasteiger partial charge in [0.2, 0.25) is 0 Å². The Hall–Kier alpha value is -2.44. The van der Waals surface area contributed by atoms with Crippen LogP contribution in [0, 0.1) is 6.92 Å². The zero-order chi connectivity index (χ0) is 12.9. The lowest BCUT2D eigenvalue weighted by atomic mass is 10.2. The third kappa shape index (κ3) is 1.30. The molecule has 3 aromatic rings. The van der Waals surface area contributed by atoms with E-state index in [4.69, 9.17) is 0 Å². The maximum atomic E-state index is 12.4. The molecule has 0 spiro atoms. The van der Waals surface area contributed by atoms with Gasteiger partial charge in [0, 0.05) is 26.0 Å². The second kappa shape index (κ2) is 3.52. The predicted octanol–water partition coefficient (Wildman–Crippen LogP) is -0.0548. The average Bonchev–Trinajstić information content (AvgIpc) is 2.76. The molecular formula is C11H12N6O. The Morgan fingerprint density at radius 2 is 2.06 bits per heavy atom. The van der Waals surface area contributed by atoms with Crippen LogP contribution in [-0.2, 0) is 0 Å². The molecule has 92 valence electrons. The molecule has 0 atom stereocenters. The summed E-state index contributed by atoms with van der Waals surface area (Å²) in [4.78, 5) is 20.5. The molecule has 0 aliphatic rings. The van der Waals surface area contributed by atoms with Gasteiger partial charge in [-0.2, -0.15) is 14.6 Å². The van der Waals surface area contributed by atoms with E-state index in [9.17, 15) is 4.79 Å². The second-order valence-corrected chi connectivity index (χ2v) is 4.28. The van der Waals surface area contributed by atoms with E-state index in [2.05, 4.69) is 15.1 Å². The number of rotatable bonds is 1. The molecule has 0 N–H and O–H groups in total. The van der Waals surface area contributed by atoms with E-state index >= 15 is 0 Å². The Balaban J connectivity index is 2.54. The van der Waals surface area contributed by atoms with Crippen LogP contribution in [0.3, 0.4) is 0 Å². The number of nitrogens with zero attached hydrogens (tertiary/aromatic N) is 6. The van der Waals surface area contributed by atoms with Crippen LogP contribution in [0.1, 0.15) is 5.69 Å². The van der Waals surface area contributed by atoms with Crippen LogP contribution in [0.4, 0.5) is 0 Å².